The molecule has 1 aromatic rings. The zero-order chi connectivity index (χ0) is 19.5. The van der Waals surface area contributed by atoms with Crippen molar-refractivity contribution in [2.45, 2.75) is 71.9 Å². The topological polar surface area (TPSA) is 35.9 Å². The van der Waals surface area contributed by atoms with Crippen LogP contribution in [0.25, 0.3) is 5.57 Å². The lowest BCUT2D eigenvalue weighted by atomic mass is 9.76. The fourth-order valence-corrected chi connectivity index (χ4v) is 4.45. The first-order chi connectivity index (χ1) is 12.1. The molecule has 2 N–H and O–H groups in total. The van der Waals surface area contributed by atoms with Crippen LogP contribution in [0, 0.1) is 24.1 Å². The Morgan fingerprint density at radius 2 is 1.85 bits per heavy atom. The zero-order valence-corrected chi connectivity index (χ0v) is 17.0. The third kappa shape index (κ3) is 5.14. The van der Waals surface area contributed by atoms with Gasteiger partial charge in [-0.3, -0.25) is 0 Å². The molecule has 142 valence electrons. The highest BCUT2D eigenvalue weighted by Crippen LogP contribution is 2.33. The summed E-state index contributed by atoms with van der Waals surface area (Å²) in [4.78, 5) is 0. The summed E-state index contributed by atoms with van der Waals surface area (Å²) in [5.41, 5.74) is 3.44. The summed E-state index contributed by atoms with van der Waals surface area (Å²) in [6, 6.07) is 3.52. The van der Waals surface area contributed by atoms with Gasteiger partial charge in [-0.1, -0.05) is 24.3 Å². The minimum Gasteiger partial charge on any atom is -0.308 e. The number of allylic oxidation sites excluding steroid dienone is 4. The van der Waals surface area contributed by atoms with Crippen molar-refractivity contribution in [3.8, 4) is 0 Å². The van der Waals surface area contributed by atoms with E-state index in [-0.39, 0.29) is 16.9 Å². The van der Waals surface area contributed by atoms with Crippen LogP contribution in [0.15, 0.2) is 30.4 Å². The summed E-state index contributed by atoms with van der Waals surface area (Å²) in [5, 5.41) is 11.1. The van der Waals surface area contributed by atoms with Crippen LogP contribution in [0.5, 0.6) is 0 Å². The molecule has 0 amide bonds. The Hall–Kier alpha value is -1.74. The average molecular weight is 357 g/mol. The van der Waals surface area contributed by atoms with Gasteiger partial charge in [0.25, 0.3) is 0 Å². The minimum atomic E-state index is -0.183. The maximum Gasteiger partial charge on any atom is 0.127 e. The number of halogens is 1. The van der Waals surface area contributed by atoms with E-state index in [4.69, 9.17) is 5.41 Å². The lowest BCUT2D eigenvalue weighted by molar-refractivity contribution is 0.150. The highest BCUT2D eigenvalue weighted by Gasteiger charge is 2.36. The smallest absolute Gasteiger partial charge is 0.127 e. The van der Waals surface area contributed by atoms with Crippen molar-refractivity contribution in [3.05, 3.63) is 52.9 Å². The third-order valence-electron chi connectivity index (χ3n) is 5.17. The predicted octanol–water partition coefficient (Wildman–Crippen LogP) is 5.84. The molecule has 0 saturated carbocycles. The quantitative estimate of drug-likeness (QED) is 0.504. The second-order valence-corrected chi connectivity index (χ2v) is 8.84. The Morgan fingerprint density at radius 3 is 2.35 bits per heavy atom. The van der Waals surface area contributed by atoms with Gasteiger partial charge in [0.2, 0.25) is 0 Å². The highest BCUT2D eigenvalue weighted by molar-refractivity contribution is 6.08. The molecule has 0 unspecified atom stereocenters. The van der Waals surface area contributed by atoms with Gasteiger partial charge in [-0.2, -0.15) is 0 Å². The standard InChI is InChI=1S/C23H33FN2/c1-7-18(15-25)19-11-16(2)20(21(24)12-19)10-8-9-17-13-22(3,4)26-23(5,6)14-17/h7-9,11-12,15,17,25-26H,10,13-14H2,1-6H3/b9-8-,18-7+,25-15?. The van der Waals surface area contributed by atoms with Crippen LogP contribution in [-0.4, -0.2) is 17.3 Å². The number of nitrogens with one attached hydrogen (secondary N) is 2. The molecule has 26 heavy (non-hydrogen) atoms. The van der Waals surface area contributed by atoms with Gasteiger partial charge in [0.15, 0.2) is 0 Å². The van der Waals surface area contributed by atoms with Crippen LogP contribution in [0.3, 0.4) is 0 Å². The van der Waals surface area contributed by atoms with Gasteiger partial charge in [-0.25, -0.2) is 4.39 Å². The van der Waals surface area contributed by atoms with E-state index < -0.39 is 0 Å². The van der Waals surface area contributed by atoms with Crippen molar-refractivity contribution in [2.24, 2.45) is 5.92 Å². The van der Waals surface area contributed by atoms with E-state index in [1.807, 2.05) is 26.0 Å². The van der Waals surface area contributed by atoms with E-state index in [0.717, 1.165) is 35.1 Å². The Labute approximate surface area is 158 Å². The van der Waals surface area contributed by atoms with Gasteiger partial charge in [-0.15, -0.1) is 0 Å². The first kappa shape index (κ1) is 20.6. The van der Waals surface area contributed by atoms with E-state index in [1.165, 1.54) is 6.21 Å². The zero-order valence-electron chi connectivity index (χ0n) is 17.0. The SMILES string of the molecule is C/C=C(\C=N)c1cc(C)c(C/C=C\C2CC(C)(C)NC(C)(C)C2)c(F)c1. The number of piperidine rings is 1. The average Bonchev–Trinajstić information content (AvgIpc) is 2.48. The molecular formula is C23H33FN2. The van der Waals surface area contributed by atoms with Crippen molar-refractivity contribution >= 4 is 11.8 Å². The molecule has 0 bridgehead atoms. The van der Waals surface area contributed by atoms with Crippen molar-refractivity contribution in [2.75, 3.05) is 0 Å². The molecule has 0 aliphatic carbocycles. The van der Waals surface area contributed by atoms with Crippen molar-refractivity contribution in [1.29, 1.82) is 5.41 Å². The third-order valence-corrected chi connectivity index (χ3v) is 5.17. The normalized spacial score (nSPS) is 20.5. The predicted molar refractivity (Wildman–Crippen MR) is 110 cm³/mol. The lowest BCUT2D eigenvalue weighted by Gasteiger charge is -2.46. The van der Waals surface area contributed by atoms with E-state index >= 15 is 0 Å². The van der Waals surface area contributed by atoms with E-state index in [2.05, 4.69) is 45.2 Å². The van der Waals surface area contributed by atoms with Crippen LogP contribution in [0.4, 0.5) is 4.39 Å². The number of hydrogen-bond donors (Lipinski definition) is 2. The molecule has 1 aliphatic heterocycles. The number of rotatable bonds is 5. The first-order valence-corrected chi connectivity index (χ1v) is 9.49. The molecule has 0 aromatic heterocycles. The summed E-state index contributed by atoms with van der Waals surface area (Å²) in [6.45, 7) is 12.8. The summed E-state index contributed by atoms with van der Waals surface area (Å²) in [6.07, 6.45) is 10.3. The van der Waals surface area contributed by atoms with E-state index in [0.29, 0.717) is 12.3 Å². The summed E-state index contributed by atoms with van der Waals surface area (Å²) >= 11 is 0. The van der Waals surface area contributed by atoms with E-state index in [1.54, 1.807) is 6.07 Å². The lowest BCUT2D eigenvalue weighted by Crippen LogP contribution is -2.57. The van der Waals surface area contributed by atoms with Crippen molar-refractivity contribution in [3.63, 3.8) is 0 Å². The van der Waals surface area contributed by atoms with Gasteiger partial charge in [-0.05, 0) is 95.1 Å². The largest absolute Gasteiger partial charge is 0.308 e. The summed E-state index contributed by atoms with van der Waals surface area (Å²) < 4.78 is 14.6. The molecule has 1 saturated heterocycles. The Balaban J connectivity index is 2.14. The van der Waals surface area contributed by atoms with Gasteiger partial charge in [0.05, 0.1) is 0 Å². The van der Waals surface area contributed by atoms with Crippen LogP contribution in [0.2, 0.25) is 0 Å². The molecule has 0 spiro atoms. The highest BCUT2D eigenvalue weighted by atomic mass is 19.1. The molecule has 2 rings (SSSR count). The summed E-state index contributed by atoms with van der Waals surface area (Å²) in [7, 11) is 0. The molecule has 0 atom stereocenters. The molecule has 1 aromatic carbocycles. The summed E-state index contributed by atoms with van der Waals surface area (Å²) in [5.74, 6) is 0.327. The molecule has 0 radical (unpaired) electrons. The first-order valence-electron chi connectivity index (χ1n) is 9.49. The Bertz CT molecular complexity index is 687. The van der Waals surface area contributed by atoms with Gasteiger partial charge in [0.1, 0.15) is 5.82 Å². The van der Waals surface area contributed by atoms with Crippen LogP contribution >= 0.6 is 0 Å². The van der Waals surface area contributed by atoms with Gasteiger partial charge < -0.3 is 10.7 Å². The second kappa shape index (κ2) is 7.87. The monoisotopic (exact) mass is 356 g/mol. The molecule has 2 nitrogen and oxygen atoms in total. The fraction of sp³-hybridized carbons (Fsp3) is 0.522. The number of benzene rings is 1. The molecule has 1 heterocycles. The number of hydrogen-bond acceptors (Lipinski definition) is 2. The molecule has 3 heteroatoms. The van der Waals surface area contributed by atoms with Crippen LogP contribution < -0.4 is 5.32 Å². The van der Waals surface area contributed by atoms with Crippen molar-refractivity contribution < 1.29 is 4.39 Å². The van der Waals surface area contributed by atoms with Crippen molar-refractivity contribution in [1.82, 2.24) is 5.32 Å². The maximum atomic E-state index is 14.6. The number of aryl methyl sites for hydroxylation is 1. The van der Waals surface area contributed by atoms with Gasteiger partial charge >= 0.3 is 0 Å². The maximum absolute atomic E-state index is 14.6. The molecular weight excluding hydrogens is 323 g/mol. The fourth-order valence-electron chi connectivity index (χ4n) is 4.45. The Kier molecular flexibility index (Phi) is 6.23. The van der Waals surface area contributed by atoms with E-state index in [9.17, 15) is 4.39 Å². The molecule has 1 aliphatic rings. The second-order valence-electron chi connectivity index (χ2n) is 8.84. The minimum absolute atomic E-state index is 0.120. The molecule has 1 fully saturated rings. The van der Waals surface area contributed by atoms with Gasteiger partial charge in [0, 0.05) is 17.3 Å². The van der Waals surface area contributed by atoms with Crippen LogP contribution in [0.1, 0.15) is 64.2 Å². The Morgan fingerprint density at radius 1 is 1.23 bits per heavy atom. The van der Waals surface area contributed by atoms with Crippen LogP contribution in [-0.2, 0) is 6.42 Å².